The second kappa shape index (κ2) is 11.4. The molecular weight excluding hydrogens is 615 g/mol. The maximum Gasteiger partial charge on any atom is 0.164 e. The Balaban J connectivity index is 1.20. The first kappa shape index (κ1) is 22.7. The van der Waals surface area contributed by atoms with Gasteiger partial charge in [0.25, 0.3) is 0 Å². The molecule has 0 unspecified atom stereocenters. The summed E-state index contributed by atoms with van der Waals surface area (Å²) in [5.74, 6) is 0.607. The van der Waals surface area contributed by atoms with Gasteiger partial charge in [0.1, 0.15) is 22.3 Å². The predicted molar refractivity (Wildman–Crippen MR) is 202 cm³/mol. The first-order chi connectivity index (χ1) is 27.3. The highest BCUT2D eigenvalue weighted by Gasteiger charge is 2.17. The van der Waals surface area contributed by atoms with E-state index in [9.17, 15) is 4.11 Å². The van der Waals surface area contributed by atoms with Crippen LogP contribution in [0.1, 0.15) is 8.22 Å². The minimum absolute atomic E-state index is 0.00189. The number of fused-ring (bicyclic) bond motifs is 6. The van der Waals surface area contributed by atoms with Crippen molar-refractivity contribution in [1.29, 1.82) is 0 Å². The highest BCUT2D eigenvalue weighted by Crippen LogP contribution is 2.38. The summed E-state index contributed by atoms with van der Waals surface area (Å²) in [5.41, 5.74) is 5.60. The smallest absolute Gasteiger partial charge is 0.164 e. The average Bonchev–Trinajstić information content (AvgIpc) is 3.82. The van der Waals surface area contributed by atoms with Gasteiger partial charge in [0.2, 0.25) is 0 Å². The lowest BCUT2D eigenvalue weighted by atomic mass is 9.99. The van der Waals surface area contributed by atoms with E-state index in [2.05, 4.69) is 0 Å². The number of aromatic nitrogens is 3. The molecule has 3 heterocycles. The van der Waals surface area contributed by atoms with Gasteiger partial charge < -0.3 is 8.83 Å². The first-order valence-electron chi connectivity index (χ1n) is 19.1. The fraction of sp³-hybridized carbons (Fsp3) is 0. The van der Waals surface area contributed by atoms with Crippen LogP contribution in [0.4, 0.5) is 0 Å². The number of nitrogens with zero attached hydrogens (tertiary/aromatic N) is 3. The van der Waals surface area contributed by atoms with Crippen LogP contribution in [-0.4, -0.2) is 15.0 Å². The molecule has 10 rings (SSSR count). The summed E-state index contributed by atoms with van der Waals surface area (Å²) >= 11 is 0. The lowest BCUT2D eigenvalue weighted by molar-refractivity contribution is 0.669. The second-order valence-electron chi connectivity index (χ2n) is 11.9. The molecule has 0 saturated carbocycles. The van der Waals surface area contributed by atoms with E-state index in [-0.39, 0.29) is 75.1 Å². The van der Waals surface area contributed by atoms with Crippen molar-refractivity contribution >= 4 is 43.9 Å². The zero-order chi connectivity index (χ0) is 38.2. The van der Waals surface area contributed by atoms with E-state index in [4.69, 9.17) is 27.9 Å². The second-order valence-corrected chi connectivity index (χ2v) is 11.9. The number of hydrogen-bond acceptors (Lipinski definition) is 5. The van der Waals surface area contributed by atoms with Gasteiger partial charge in [-0.05, 0) is 53.0 Å². The molecule has 0 fully saturated rings. The summed E-state index contributed by atoms with van der Waals surface area (Å²) in [6.45, 7) is 0. The molecule has 0 radical (unpaired) electrons. The zero-order valence-electron chi connectivity index (χ0n) is 32.3. The molecule has 5 nitrogen and oxygen atoms in total. The lowest BCUT2D eigenvalue weighted by Crippen LogP contribution is -2.00. The molecule has 234 valence electrons. The Morgan fingerprint density at radius 1 is 0.400 bits per heavy atom. The number of rotatable bonds is 5. The third-order valence-electron chi connectivity index (χ3n) is 8.87. The molecule has 0 atom stereocenters. The highest BCUT2D eigenvalue weighted by atomic mass is 16.3. The van der Waals surface area contributed by atoms with Crippen LogP contribution in [0.25, 0.3) is 100 Å². The quantitative estimate of drug-likeness (QED) is 0.186. The van der Waals surface area contributed by atoms with E-state index >= 15 is 0 Å². The largest absolute Gasteiger partial charge is 0.456 e. The van der Waals surface area contributed by atoms with E-state index in [1.807, 2.05) is 127 Å². The lowest BCUT2D eigenvalue weighted by Gasteiger charge is -2.08. The summed E-state index contributed by atoms with van der Waals surface area (Å²) in [5, 5.41) is 1.96. The van der Waals surface area contributed by atoms with Gasteiger partial charge in [-0.2, -0.15) is 0 Å². The molecule has 0 amide bonds. The Kier molecular flexibility index (Phi) is 5.17. The molecule has 3 aromatic heterocycles. The van der Waals surface area contributed by atoms with Crippen LogP contribution < -0.4 is 0 Å². The van der Waals surface area contributed by atoms with Crippen LogP contribution in [0.3, 0.4) is 0 Å². The number of benzene rings is 7. The van der Waals surface area contributed by atoms with Crippen molar-refractivity contribution in [2.75, 3.05) is 0 Å². The highest BCUT2D eigenvalue weighted by molar-refractivity contribution is 6.10. The van der Waals surface area contributed by atoms with Crippen molar-refractivity contribution in [3.63, 3.8) is 0 Å². The standard InChI is InChI=1S/C45H27N3O2/c1-3-10-28(11-4-1)29-18-20-30(21-19-29)34-15-9-16-37-36-24-22-33(27-41(36)50-42(34)37)45-47-43(31-12-5-2-6-13-31)46-44(48-45)32-23-25-40-38(26-32)35-14-7-8-17-39(35)49-40/h1-27H/i9D,15D,16D,22D,24D,27D. The van der Waals surface area contributed by atoms with Crippen molar-refractivity contribution in [2.24, 2.45) is 0 Å². The predicted octanol–water partition coefficient (Wildman–Crippen LogP) is 12.0. The van der Waals surface area contributed by atoms with E-state index in [1.54, 1.807) is 0 Å². The van der Waals surface area contributed by atoms with E-state index in [1.165, 1.54) is 0 Å². The van der Waals surface area contributed by atoms with Gasteiger partial charge in [-0.3, -0.25) is 0 Å². The summed E-state index contributed by atoms with van der Waals surface area (Å²) in [7, 11) is 0. The van der Waals surface area contributed by atoms with Gasteiger partial charge >= 0.3 is 0 Å². The third-order valence-corrected chi connectivity index (χ3v) is 8.87. The van der Waals surface area contributed by atoms with Gasteiger partial charge in [-0.1, -0.05) is 127 Å². The summed E-state index contributed by atoms with van der Waals surface area (Å²) in [6.07, 6.45) is 0. The van der Waals surface area contributed by atoms with Crippen molar-refractivity contribution in [1.82, 2.24) is 15.0 Å². The van der Waals surface area contributed by atoms with Gasteiger partial charge in [-0.25, -0.2) is 15.0 Å². The molecule has 5 heteroatoms. The van der Waals surface area contributed by atoms with Crippen LogP contribution in [0, 0.1) is 0 Å². The molecule has 0 saturated heterocycles. The number of furan rings is 2. The van der Waals surface area contributed by atoms with Crippen LogP contribution >= 0.6 is 0 Å². The SMILES string of the molecule is [2H]c1c([2H])c([2H])c2c(oc3c([2H])c(-c4nc(-c5ccccc5)nc(-c5ccc6oc7ccccc7c6c5)n4)c([2H])c([2H])c32)c1-c1ccc(-c2ccccc2)cc1. The maximum atomic E-state index is 9.49. The molecule has 0 bridgehead atoms. The Morgan fingerprint density at radius 2 is 1.02 bits per heavy atom. The topological polar surface area (TPSA) is 65.0 Å². The van der Waals surface area contributed by atoms with Crippen LogP contribution in [-0.2, 0) is 0 Å². The Labute approximate surface area is 295 Å². The third kappa shape index (κ3) is 4.75. The average molecular weight is 648 g/mol. The Morgan fingerprint density at radius 3 is 1.82 bits per heavy atom. The molecule has 0 aliphatic rings. The first-order valence-corrected chi connectivity index (χ1v) is 16.1. The fourth-order valence-electron chi connectivity index (χ4n) is 6.39. The molecule has 50 heavy (non-hydrogen) atoms. The van der Waals surface area contributed by atoms with Crippen molar-refractivity contribution in [3.05, 3.63) is 164 Å². The Bertz CT molecular complexity index is 3200. The molecule has 0 N–H and O–H groups in total. The minimum atomic E-state index is -0.346. The summed E-state index contributed by atoms with van der Waals surface area (Å²) in [6, 6.07) is 38.3. The van der Waals surface area contributed by atoms with Crippen molar-refractivity contribution in [3.8, 4) is 56.4 Å². The van der Waals surface area contributed by atoms with Crippen molar-refractivity contribution in [2.45, 2.75) is 0 Å². The van der Waals surface area contributed by atoms with E-state index in [0.717, 1.165) is 27.5 Å². The fourth-order valence-corrected chi connectivity index (χ4v) is 6.39. The number of hydrogen-bond donors (Lipinski definition) is 0. The van der Waals surface area contributed by atoms with E-state index < -0.39 is 0 Å². The number of para-hydroxylation sites is 2. The summed E-state index contributed by atoms with van der Waals surface area (Å²) < 4.78 is 67.1. The van der Waals surface area contributed by atoms with Crippen LogP contribution in [0.15, 0.2) is 172 Å². The molecular formula is C45H27N3O2. The zero-order valence-corrected chi connectivity index (χ0v) is 26.3. The van der Waals surface area contributed by atoms with Crippen LogP contribution in [0.2, 0.25) is 0 Å². The molecule has 7 aromatic carbocycles. The molecule has 0 aliphatic carbocycles. The normalized spacial score (nSPS) is 13.3. The summed E-state index contributed by atoms with van der Waals surface area (Å²) in [4.78, 5) is 14.4. The van der Waals surface area contributed by atoms with Gasteiger partial charge in [0.05, 0.1) is 8.22 Å². The molecule has 0 aliphatic heterocycles. The van der Waals surface area contributed by atoms with Gasteiger partial charge in [0.15, 0.2) is 17.5 Å². The van der Waals surface area contributed by atoms with Crippen LogP contribution in [0.5, 0.6) is 0 Å². The monoisotopic (exact) mass is 647 g/mol. The minimum Gasteiger partial charge on any atom is -0.456 e. The molecule has 0 spiro atoms. The van der Waals surface area contributed by atoms with Gasteiger partial charge in [-0.15, -0.1) is 0 Å². The van der Waals surface area contributed by atoms with Gasteiger partial charge in [0, 0.05) is 43.8 Å². The van der Waals surface area contributed by atoms with Crippen molar-refractivity contribution < 1.29 is 17.1 Å². The maximum absolute atomic E-state index is 9.49. The van der Waals surface area contributed by atoms with E-state index in [0.29, 0.717) is 33.9 Å². The molecule has 10 aromatic rings. The Hall–Kier alpha value is -6.85.